The van der Waals surface area contributed by atoms with E-state index in [0.29, 0.717) is 0 Å². The largest absolute Gasteiger partial charge is 0.421 e. The summed E-state index contributed by atoms with van der Waals surface area (Å²) >= 11 is 5.70. The Bertz CT molecular complexity index is 461. The van der Waals surface area contributed by atoms with Crippen LogP contribution in [0, 0.1) is 0 Å². The number of aliphatic hydroxyl groups is 3. The molecule has 1 unspecified atom stereocenters. The maximum atomic E-state index is 11.8. The van der Waals surface area contributed by atoms with Crippen molar-refractivity contribution in [2.45, 2.75) is 43.3 Å². The summed E-state index contributed by atoms with van der Waals surface area (Å²) in [5.74, 6) is -6.11. The van der Waals surface area contributed by atoms with Gasteiger partial charge in [0.05, 0.1) is 6.61 Å². The number of ether oxygens (including phenoxy) is 2. The molecule has 0 bridgehead atoms. The van der Waals surface area contributed by atoms with Crippen LogP contribution in [0.1, 0.15) is 20.8 Å². The molecule has 1 rings (SSSR count). The fraction of sp³-hybridized carbons (Fsp3) is 0.727. The average Bonchev–Trinajstić information content (AvgIpc) is 2.47. The van der Waals surface area contributed by atoms with Crippen molar-refractivity contribution in [1.82, 2.24) is 0 Å². The highest BCUT2D eigenvalue weighted by Crippen LogP contribution is 2.50. The SMILES string of the molecule is CC(=O)OC1(C(C)=O)O[C@H](CO)[C@](O)(Cl)[C@]1(O)C(C)=O. The lowest BCUT2D eigenvalue weighted by molar-refractivity contribution is -0.259. The van der Waals surface area contributed by atoms with Crippen molar-refractivity contribution in [1.29, 1.82) is 0 Å². The minimum Gasteiger partial charge on any atom is -0.421 e. The van der Waals surface area contributed by atoms with Crippen molar-refractivity contribution in [2.24, 2.45) is 0 Å². The standard InChI is InChI=1S/C11H15ClO8/c1-5(14)9(17)10(12,18)8(4-13)20-11(9,6(2)15)19-7(3)16/h8,13,17-18H,4H2,1-3H3/t8-,9-,10-,11?/m1/s1. The number of halogens is 1. The Kier molecular flexibility index (Phi) is 4.29. The van der Waals surface area contributed by atoms with Crippen LogP contribution in [0.4, 0.5) is 0 Å². The minimum atomic E-state index is -3.06. The van der Waals surface area contributed by atoms with Gasteiger partial charge in [-0.1, -0.05) is 11.6 Å². The van der Waals surface area contributed by atoms with E-state index in [1.807, 2.05) is 0 Å². The molecule has 0 amide bonds. The highest BCUT2D eigenvalue weighted by molar-refractivity contribution is 6.27. The first-order chi connectivity index (χ1) is 8.97. The molecule has 0 aromatic heterocycles. The number of alkyl halides is 1. The van der Waals surface area contributed by atoms with Crippen LogP contribution in [-0.2, 0) is 23.9 Å². The molecule has 0 aromatic carbocycles. The third kappa shape index (κ3) is 1.95. The van der Waals surface area contributed by atoms with Crippen LogP contribution in [0.2, 0.25) is 0 Å². The summed E-state index contributed by atoms with van der Waals surface area (Å²) in [6.07, 6.45) is -1.72. The summed E-state index contributed by atoms with van der Waals surface area (Å²) in [6, 6.07) is 0. The van der Waals surface area contributed by atoms with Crippen molar-refractivity contribution in [3.63, 3.8) is 0 Å². The molecule has 9 heteroatoms. The maximum Gasteiger partial charge on any atom is 0.314 e. The van der Waals surface area contributed by atoms with Crippen molar-refractivity contribution in [2.75, 3.05) is 6.61 Å². The molecule has 0 spiro atoms. The Morgan fingerprint density at radius 1 is 1.20 bits per heavy atom. The Labute approximate surface area is 119 Å². The van der Waals surface area contributed by atoms with E-state index in [0.717, 1.165) is 20.8 Å². The van der Waals surface area contributed by atoms with Gasteiger partial charge in [-0.3, -0.25) is 14.4 Å². The number of hydrogen-bond donors (Lipinski definition) is 3. The van der Waals surface area contributed by atoms with Crippen LogP contribution >= 0.6 is 11.6 Å². The van der Waals surface area contributed by atoms with Crippen LogP contribution in [0.3, 0.4) is 0 Å². The molecule has 114 valence electrons. The quantitative estimate of drug-likeness (QED) is 0.421. The smallest absolute Gasteiger partial charge is 0.314 e. The summed E-state index contributed by atoms with van der Waals surface area (Å²) in [4.78, 5) is 34.7. The highest BCUT2D eigenvalue weighted by Gasteiger charge is 2.80. The predicted octanol–water partition coefficient (Wildman–Crippen LogP) is -1.53. The maximum absolute atomic E-state index is 11.8. The van der Waals surface area contributed by atoms with Gasteiger partial charge in [-0.2, -0.15) is 0 Å². The van der Waals surface area contributed by atoms with Crippen molar-refractivity contribution in [3.8, 4) is 0 Å². The van der Waals surface area contributed by atoms with E-state index in [2.05, 4.69) is 4.74 Å². The number of aliphatic hydroxyl groups excluding tert-OH is 1. The number of ketones is 2. The molecule has 1 aliphatic rings. The first kappa shape index (κ1) is 17.0. The minimum absolute atomic E-state index is 0.831. The summed E-state index contributed by atoms with van der Waals surface area (Å²) in [7, 11) is 0. The lowest BCUT2D eigenvalue weighted by Gasteiger charge is -2.38. The van der Waals surface area contributed by atoms with E-state index in [1.54, 1.807) is 0 Å². The van der Waals surface area contributed by atoms with Crippen molar-refractivity contribution in [3.05, 3.63) is 0 Å². The van der Waals surface area contributed by atoms with Gasteiger partial charge >= 0.3 is 11.8 Å². The monoisotopic (exact) mass is 310 g/mol. The second-order valence-corrected chi connectivity index (χ2v) is 5.07. The second-order valence-electron chi connectivity index (χ2n) is 4.50. The molecule has 20 heavy (non-hydrogen) atoms. The van der Waals surface area contributed by atoms with E-state index < -0.39 is 46.7 Å². The fourth-order valence-electron chi connectivity index (χ4n) is 2.17. The Hall–Kier alpha value is -1.06. The number of Topliss-reactive ketones (excluding diaryl/α,β-unsaturated/α-hetero) is 2. The highest BCUT2D eigenvalue weighted by atomic mass is 35.5. The van der Waals surface area contributed by atoms with Crippen LogP contribution in [0.15, 0.2) is 0 Å². The fourth-order valence-corrected chi connectivity index (χ4v) is 2.55. The molecule has 0 radical (unpaired) electrons. The molecule has 1 heterocycles. The third-order valence-electron chi connectivity index (χ3n) is 3.14. The van der Waals surface area contributed by atoms with Crippen LogP contribution in [-0.4, -0.2) is 62.0 Å². The van der Waals surface area contributed by atoms with E-state index in [1.165, 1.54) is 0 Å². The summed E-state index contributed by atoms with van der Waals surface area (Å²) in [5.41, 5.74) is -3.06. The molecular weight excluding hydrogens is 296 g/mol. The first-order valence-corrected chi connectivity index (χ1v) is 5.99. The van der Waals surface area contributed by atoms with Crippen molar-refractivity contribution >= 4 is 29.1 Å². The van der Waals surface area contributed by atoms with Gasteiger partial charge in [0.2, 0.25) is 16.4 Å². The second kappa shape index (κ2) is 5.05. The predicted molar refractivity (Wildman–Crippen MR) is 63.6 cm³/mol. The molecule has 4 atom stereocenters. The normalized spacial score (nSPS) is 40.5. The molecular formula is C11H15ClO8. The number of hydrogen-bond acceptors (Lipinski definition) is 8. The number of carbonyl (C=O) groups excluding carboxylic acids is 3. The van der Waals surface area contributed by atoms with Gasteiger partial charge in [0.25, 0.3) is 0 Å². The van der Waals surface area contributed by atoms with E-state index >= 15 is 0 Å². The topological polar surface area (TPSA) is 130 Å². The number of carbonyl (C=O) groups is 3. The zero-order chi connectivity index (χ0) is 15.9. The van der Waals surface area contributed by atoms with E-state index in [-0.39, 0.29) is 0 Å². The lowest BCUT2D eigenvalue weighted by atomic mass is 9.82. The van der Waals surface area contributed by atoms with Gasteiger partial charge in [-0.05, 0) is 6.92 Å². The molecule has 1 saturated heterocycles. The number of rotatable bonds is 4. The average molecular weight is 311 g/mol. The van der Waals surface area contributed by atoms with Gasteiger partial charge in [0, 0.05) is 13.8 Å². The van der Waals surface area contributed by atoms with E-state index in [9.17, 15) is 24.6 Å². The van der Waals surface area contributed by atoms with Gasteiger partial charge in [0.15, 0.2) is 5.78 Å². The lowest BCUT2D eigenvalue weighted by Crippen LogP contribution is -2.69. The van der Waals surface area contributed by atoms with Crippen LogP contribution in [0.5, 0.6) is 0 Å². The molecule has 1 fully saturated rings. The zero-order valence-electron chi connectivity index (χ0n) is 11.0. The van der Waals surface area contributed by atoms with Gasteiger partial charge < -0.3 is 24.8 Å². The molecule has 1 aliphatic heterocycles. The zero-order valence-corrected chi connectivity index (χ0v) is 11.8. The Balaban J connectivity index is 3.60. The van der Waals surface area contributed by atoms with Gasteiger partial charge in [-0.15, -0.1) is 0 Å². The molecule has 0 saturated carbocycles. The van der Waals surface area contributed by atoms with Gasteiger partial charge in [0.1, 0.15) is 6.10 Å². The summed E-state index contributed by atoms with van der Waals surface area (Å²) in [5, 5.41) is 26.8. The van der Waals surface area contributed by atoms with Crippen LogP contribution in [0.25, 0.3) is 0 Å². The van der Waals surface area contributed by atoms with Crippen LogP contribution < -0.4 is 0 Å². The number of esters is 1. The molecule has 3 N–H and O–H groups in total. The summed E-state index contributed by atoms with van der Waals surface area (Å²) in [6.45, 7) is 1.70. The van der Waals surface area contributed by atoms with Gasteiger partial charge in [-0.25, -0.2) is 0 Å². The molecule has 0 aliphatic carbocycles. The molecule has 0 aromatic rings. The van der Waals surface area contributed by atoms with Crippen molar-refractivity contribution < 1.29 is 39.2 Å². The summed E-state index contributed by atoms with van der Waals surface area (Å²) < 4.78 is 9.64. The third-order valence-corrected chi connectivity index (χ3v) is 3.66. The Morgan fingerprint density at radius 2 is 1.70 bits per heavy atom. The first-order valence-electron chi connectivity index (χ1n) is 5.61. The molecule has 8 nitrogen and oxygen atoms in total. The van der Waals surface area contributed by atoms with E-state index in [4.69, 9.17) is 21.4 Å². The Morgan fingerprint density at radius 3 is 2.00 bits per heavy atom.